The third kappa shape index (κ3) is 3.86. The van der Waals surface area contributed by atoms with Crippen LogP contribution in [0.5, 0.6) is 0 Å². The molecule has 0 spiro atoms. The standard InChI is InChI=1S/C12H16N2O3/c1-3-14(9-11(15)17-4-2)12(16)10-6-5-7-13-8-10/h5-8H,3-4,9H2,1-2H3. The SMILES string of the molecule is CCOC(=O)CN(CC)C(=O)c1cccnc1. The van der Waals surface area contributed by atoms with Crippen molar-refractivity contribution in [2.45, 2.75) is 13.8 Å². The maximum absolute atomic E-state index is 12.0. The largest absolute Gasteiger partial charge is 0.465 e. The number of likely N-dealkylation sites (N-methyl/N-ethyl adjacent to an activating group) is 1. The molecule has 0 saturated heterocycles. The molecule has 1 heterocycles. The van der Waals surface area contributed by atoms with Crippen molar-refractivity contribution in [3.8, 4) is 0 Å². The minimum atomic E-state index is -0.397. The molecule has 5 heteroatoms. The molecule has 92 valence electrons. The number of amides is 1. The van der Waals surface area contributed by atoms with Gasteiger partial charge in [-0.05, 0) is 26.0 Å². The highest BCUT2D eigenvalue weighted by Gasteiger charge is 2.17. The van der Waals surface area contributed by atoms with Gasteiger partial charge in [0.15, 0.2) is 0 Å². The van der Waals surface area contributed by atoms with Gasteiger partial charge in [-0.2, -0.15) is 0 Å². The number of nitrogens with zero attached hydrogens (tertiary/aromatic N) is 2. The predicted molar refractivity (Wildman–Crippen MR) is 62.4 cm³/mol. The quantitative estimate of drug-likeness (QED) is 0.718. The van der Waals surface area contributed by atoms with E-state index in [1.807, 2.05) is 6.92 Å². The topological polar surface area (TPSA) is 59.5 Å². The van der Waals surface area contributed by atoms with Gasteiger partial charge in [-0.3, -0.25) is 14.6 Å². The average Bonchev–Trinajstić information content (AvgIpc) is 2.36. The second-order valence-electron chi connectivity index (χ2n) is 3.37. The number of carbonyl (C=O) groups is 2. The fourth-order valence-electron chi connectivity index (χ4n) is 1.36. The van der Waals surface area contributed by atoms with Gasteiger partial charge in [0.05, 0.1) is 12.2 Å². The lowest BCUT2D eigenvalue weighted by molar-refractivity contribution is -0.143. The minimum absolute atomic E-state index is 0.0297. The lowest BCUT2D eigenvalue weighted by Crippen LogP contribution is -2.36. The number of carbonyl (C=O) groups excluding carboxylic acids is 2. The number of hydrogen-bond acceptors (Lipinski definition) is 4. The second-order valence-corrected chi connectivity index (χ2v) is 3.37. The van der Waals surface area contributed by atoms with Crippen molar-refractivity contribution in [1.29, 1.82) is 0 Å². The van der Waals surface area contributed by atoms with E-state index >= 15 is 0 Å². The van der Waals surface area contributed by atoms with Gasteiger partial charge in [0.1, 0.15) is 6.54 Å². The van der Waals surface area contributed by atoms with Crippen LogP contribution in [-0.4, -0.2) is 41.5 Å². The molecular formula is C12H16N2O3. The molecule has 1 amide bonds. The van der Waals surface area contributed by atoms with E-state index in [1.54, 1.807) is 25.3 Å². The Morgan fingerprint density at radius 1 is 1.41 bits per heavy atom. The number of rotatable bonds is 5. The maximum Gasteiger partial charge on any atom is 0.325 e. The van der Waals surface area contributed by atoms with Gasteiger partial charge in [0.25, 0.3) is 5.91 Å². The zero-order valence-electron chi connectivity index (χ0n) is 10.0. The Hall–Kier alpha value is -1.91. The zero-order chi connectivity index (χ0) is 12.7. The van der Waals surface area contributed by atoms with Crippen molar-refractivity contribution < 1.29 is 14.3 Å². The summed E-state index contributed by atoms with van der Waals surface area (Å²) in [5.41, 5.74) is 0.471. The first-order chi connectivity index (χ1) is 8.19. The molecule has 0 aliphatic rings. The van der Waals surface area contributed by atoms with E-state index in [0.29, 0.717) is 18.7 Å². The van der Waals surface area contributed by atoms with Crippen LogP contribution in [0.1, 0.15) is 24.2 Å². The number of ether oxygens (including phenoxy) is 1. The Morgan fingerprint density at radius 3 is 2.71 bits per heavy atom. The molecule has 0 radical (unpaired) electrons. The molecule has 0 aromatic carbocycles. The smallest absolute Gasteiger partial charge is 0.325 e. The van der Waals surface area contributed by atoms with E-state index in [2.05, 4.69) is 4.98 Å². The van der Waals surface area contributed by atoms with Gasteiger partial charge < -0.3 is 9.64 Å². The Kier molecular flexibility index (Phi) is 5.13. The molecule has 0 unspecified atom stereocenters. The molecule has 0 aliphatic heterocycles. The molecule has 1 aromatic rings. The molecule has 0 aliphatic carbocycles. The second kappa shape index (κ2) is 6.62. The highest BCUT2D eigenvalue weighted by Crippen LogP contribution is 2.03. The summed E-state index contributed by atoms with van der Waals surface area (Å²) in [6, 6.07) is 3.36. The molecule has 0 N–H and O–H groups in total. The maximum atomic E-state index is 12.0. The van der Waals surface area contributed by atoms with Crippen LogP contribution in [0.25, 0.3) is 0 Å². The predicted octanol–water partition coefficient (Wildman–Crippen LogP) is 1.11. The molecular weight excluding hydrogens is 220 g/mol. The summed E-state index contributed by atoms with van der Waals surface area (Å²) in [5, 5.41) is 0. The van der Waals surface area contributed by atoms with Crippen molar-refractivity contribution in [3.63, 3.8) is 0 Å². The van der Waals surface area contributed by atoms with Crippen LogP contribution in [-0.2, 0) is 9.53 Å². The summed E-state index contributed by atoms with van der Waals surface area (Å²) in [4.78, 5) is 28.6. The monoisotopic (exact) mass is 236 g/mol. The highest BCUT2D eigenvalue weighted by atomic mass is 16.5. The number of esters is 1. The summed E-state index contributed by atoms with van der Waals surface area (Å²) >= 11 is 0. The summed E-state index contributed by atoms with van der Waals surface area (Å²) < 4.78 is 4.81. The number of hydrogen-bond donors (Lipinski definition) is 0. The molecule has 5 nitrogen and oxygen atoms in total. The van der Waals surface area contributed by atoms with Gasteiger partial charge >= 0.3 is 5.97 Å². The van der Waals surface area contributed by atoms with Crippen LogP contribution in [0.3, 0.4) is 0 Å². The lowest BCUT2D eigenvalue weighted by atomic mass is 10.2. The normalized spacial score (nSPS) is 9.76. The lowest BCUT2D eigenvalue weighted by Gasteiger charge is -2.19. The first-order valence-corrected chi connectivity index (χ1v) is 5.54. The van der Waals surface area contributed by atoms with E-state index in [4.69, 9.17) is 4.74 Å². The highest BCUT2D eigenvalue weighted by molar-refractivity contribution is 5.95. The molecule has 0 fully saturated rings. The van der Waals surface area contributed by atoms with Gasteiger partial charge in [-0.15, -0.1) is 0 Å². The van der Waals surface area contributed by atoms with Crippen LogP contribution in [0.4, 0.5) is 0 Å². The van der Waals surface area contributed by atoms with Crippen molar-refractivity contribution in [2.75, 3.05) is 19.7 Å². The van der Waals surface area contributed by atoms with Crippen molar-refractivity contribution in [3.05, 3.63) is 30.1 Å². The molecule has 0 bridgehead atoms. The zero-order valence-corrected chi connectivity index (χ0v) is 10.0. The van der Waals surface area contributed by atoms with Crippen molar-refractivity contribution in [1.82, 2.24) is 9.88 Å². The third-order valence-electron chi connectivity index (χ3n) is 2.20. The minimum Gasteiger partial charge on any atom is -0.465 e. The van der Waals surface area contributed by atoms with E-state index in [-0.39, 0.29) is 12.5 Å². The molecule has 0 atom stereocenters. The fourth-order valence-corrected chi connectivity index (χ4v) is 1.36. The number of pyridine rings is 1. The summed E-state index contributed by atoms with van der Waals surface area (Å²) in [5.74, 6) is -0.611. The Bertz CT molecular complexity index is 379. The Balaban J connectivity index is 2.68. The molecule has 0 saturated carbocycles. The first kappa shape index (κ1) is 13.2. The Morgan fingerprint density at radius 2 is 2.18 bits per heavy atom. The van der Waals surface area contributed by atoms with E-state index in [0.717, 1.165) is 0 Å². The fraction of sp³-hybridized carbons (Fsp3) is 0.417. The van der Waals surface area contributed by atoms with Crippen LogP contribution in [0, 0.1) is 0 Å². The molecule has 1 rings (SSSR count). The van der Waals surface area contributed by atoms with Gasteiger partial charge in [-0.1, -0.05) is 0 Å². The van der Waals surface area contributed by atoms with Crippen molar-refractivity contribution in [2.24, 2.45) is 0 Å². The summed E-state index contributed by atoms with van der Waals surface area (Å²) in [6.45, 7) is 4.28. The van der Waals surface area contributed by atoms with E-state index in [9.17, 15) is 9.59 Å². The van der Waals surface area contributed by atoms with Gasteiger partial charge in [0.2, 0.25) is 0 Å². The van der Waals surface area contributed by atoms with Crippen LogP contribution >= 0.6 is 0 Å². The first-order valence-electron chi connectivity index (χ1n) is 5.54. The van der Waals surface area contributed by atoms with Crippen LogP contribution in [0.2, 0.25) is 0 Å². The third-order valence-corrected chi connectivity index (χ3v) is 2.20. The molecule has 1 aromatic heterocycles. The summed E-state index contributed by atoms with van der Waals surface area (Å²) in [6.07, 6.45) is 3.08. The van der Waals surface area contributed by atoms with E-state index < -0.39 is 5.97 Å². The van der Waals surface area contributed by atoms with Gasteiger partial charge in [0, 0.05) is 18.9 Å². The molecule has 17 heavy (non-hydrogen) atoms. The number of aromatic nitrogens is 1. The average molecular weight is 236 g/mol. The van der Waals surface area contributed by atoms with E-state index in [1.165, 1.54) is 11.1 Å². The van der Waals surface area contributed by atoms with Crippen molar-refractivity contribution >= 4 is 11.9 Å². The Labute approximate surface area is 100 Å². The van der Waals surface area contributed by atoms with Crippen LogP contribution in [0.15, 0.2) is 24.5 Å². The van der Waals surface area contributed by atoms with Crippen LogP contribution < -0.4 is 0 Å². The summed E-state index contributed by atoms with van der Waals surface area (Å²) in [7, 11) is 0. The van der Waals surface area contributed by atoms with Gasteiger partial charge in [-0.25, -0.2) is 0 Å².